The van der Waals surface area contributed by atoms with Crippen LogP contribution < -0.4 is 10.2 Å². The van der Waals surface area contributed by atoms with Crippen LogP contribution in [0.4, 0.5) is 16.2 Å². The summed E-state index contributed by atoms with van der Waals surface area (Å²) in [6.45, 7) is 9.06. The molecule has 1 aliphatic heterocycles. The van der Waals surface area contributed by atoms with Crippen molar-refractivity contribution in [3.8, 4) is 0 Å². The lowest BCUT2D eigenvalue weighted by Gasteiger charge is -2.36. The SMILES string of the molecule is Cc1cc(C)c(NC(=O)N2CCN(c3ccccc3Cl)CC2)c(C)c1. The topological polar surface area (TPSA) is 35.6 Å². The second-order valence-electron chi connectivity index (χ2n) is 6.63. The number of amides is 2. The number of nitrogens with zero attached hydrogens (tertiary/aromatic N) is 2. The standard InChI is InChI=1S/C20H24ClN3O/c1-14-12-15(2)19(16(3)13-14)22-20(25)24-10-8-23(9-11-24)18-7-5-4-6-17(18)21/h4-7,12-13H,8-11H2,1-3H3,(H,22,25). The molecule has 0 aromatic heterocycles. The maximum atomic E-state index is 12.6. The number of anilines is 2. The van der Waals surface area contributed by atoms with Crippen molar-refractivity contribution < 1.29 is 4.79 Å². The minimum absolute atomic E-state index is 0.0335. The van der Waals surface area contributed by atoms with Crippen LogP contribution in [0.15, 0.2) is 36.4 Å². The molecule has 2 aromatic rings. The summed E-state index contributed by atoms with van der Waals surface area (Å²) in [5, 5.41) is 3.84. The van der Waals surface area contributed by atoms with Crippen LogP contribution in [0.2, 0.25) is 5.02 Å². The van der Waals surface area contributed by atoms with Gasteiger partial charge >= 0.3 is 6.03 Å². The highest BCUT2D eigenvalue weighted by Crippen LogP contribution is 2.26. The van der Waals surface area contributed by atoms with E-state index in [0.717, 1.165) is 40.6 Å². The van der Waals surface area contributed by atoms with Gasteiger partial charge in [0.15, 0.2) is 0 Å². The highest BCUT2D eigenvalue weighted by molar-refractivity contribution is 6.33. The fraction of sp³-hybridized carbons (Fsp3) is 0.350. The highest BCUT2D eigenvalue weighted by Gasteiger charge is 2.23. The molecule has 0 unspecified atom stereocenters. The number of rotatable bonds is 2. The van der Waals surface area contributed by atoms with Crippen LogP contribution in [0, 0.1) is 20.8 Å². The Morgan fingerprint density at radius 3 is 2.20 bits per heavy atom. The maximum Gasteiger partial charge on any atom is 0.321 e. The molecule has 0 bridgehead atoms. The lowest BCUT2D eigenvalue weighted by atomic mass is 10.1. The van der Waals surface area contributed by atoms with Gasteiger partial charge < -0.3 is 15.1 Å². The lowest BCUT2D eigenvalue weighted by molar-refractivity contribution is 0.208. The molecule has 0 spiro atoms. The van der Waals surface area contributed by atoms with Crippen molar-refractivity contribution in [2.24, 2.45) is 0 Å². The molecule has 1 heterocycles. The molecule has 132 valence electrons. The minimum Gasteiger partial charge on any atom is -0.367 e. The van der Waals surface area contributed by atoms with Crippen molar-refractivity contribution in [1.29, 1.82) is 0 Å². The maximum absolute atomic E-state index is 12.6. The van der Waals surface area contributed by atoms with Crippen molar-refractivity contribution >= 4 is 29.0 Å². The van der Waals surface area contributed by atoms with E-state index in [1.807, 2.05) is 43.0 Å². The Bertz CT molecular complexity index is 759. The quantitative estimate of drug-likeness (QED) is 0.851. The summed E-state index contributed by atoms with van der Waals surface area (Å²) in [6, 6.07) is 12.0. The highest BCUT2D eigenvalue weighted by atomic mass is 35.5. The summed E-state index contributed by atoms with van der Waals surface area (Å²) in [6.07, 6.45) is 0. The van der Waals surface area contributed by atoms with Gasteiger partial charge in [0.25, 0.3) is 0 Å². The van der Waals surface area contributed by atoms with E-state index < -0.39 is 0 Å². The molecule has 1 N–H and O–H groups in total. The molecule has 1 aliphatic rings. The predicted molar refractivity (Wildman–Crippen MR) is 105 cm³/mol. The van der Waals surface area contributed by atoms with E-state index in [1.165, 1.54) is 5.56 Å². The number of hydrogen-bond donors (Lipinski definition) is 1. The molecule has 1 saturated heterocycles. The van der Waals surface area contributed by atoms with Crippen LogP contribution in [0.3, 0.4) is 0 Å². The van der Waals surface area contributed by atoms with Gasteiger partial charge in [-0.25, -0.2) is 4.79 Å². The normalized spacial score (nSPS) is 14.6. The van der Waals surface area contributed by atoms with Crippen LogP contribution in [-0.2, 0) is 0 Å². The van der Waals surface area contributed by atoms with Crippen LogP contribution >= 0.6 is 11.6 Å². The molecule has 5 heteroatoms. The second kappa shape index (κ2) is 7.36. The molecule has 25 heavy (non-hydrogen) atoms. The van der Waals surface area contributed by atoms with Crippen LogP contribution in [0.5, 0.6) is 0 Å². The molecular weight excluding hydrogens is 334 g/mol. The van der Waals surface area contributed by atoms with Crippen LogP contribution in [0.1, 0.15) is 16.7 Å². The van der Waals surface area contributed by atoms with E-state index >= 15 is 0 Å². The molecule has 2 amide bonds. The van der Waals surface area contributed by atoms with Crippen molar-refractivity contribution in [2.75, 3.05) is 36.4 Å². The van der Waals surface area contributed by atoms with Gasteiger partial charge in [0.1, 0.15) is 0 Å². The monoisotopic (exact) mass is 357 g/mol. The molecule has 1 fully saturated rings. The van der Waals surface area contributed by atoms with E-state index in [4.69, 9.17) is 11.6 Å². The first-order valence-corrected chi connectivity index (χ1v) is 8.97. The van der Waals surface area contributed by atoms with E-state index in [9.17, 15) is 4.79 Å². The Morgan fingerprint density at radius 1 is 1.00 bits per heavy atom. The van der Waals surface area contributed by atoms with Crippen molar-refractivity contribution in [1.82, 2.24) is 4.90 Å². The Labute approximate surface area is 154 Å². The summed E-state index contributed by atoms with van der Waals surface area (Å²) in [7, 11) is 0. The summed E-state index contributed by atoms with van der Waals surface area (Å²) < 4.78 is 0. The third-order valence-electron chi connectivity index (χ3n) is 4.67. The minimum atomic E-state index is -0.0335. The van der Waals surface area contributed by atoms with Crippen molar-refractivity contribution in [2.45, 2.75) is 20.8 Å². The lowest BCUT2D eigenvalue weighted by Crippen LogP contribution is -2.50. The zero-order valence-corrected chi connectivity index (χ0v) is 15.7. The zero-order valence-electron chi connectivity index (χ0n) is 15.0. The molecule has 2 aromatic carbocycles. The summed E-state index contributed by atoms with van der Waals surface area (Å²) in [5.41, 5.74) is 5.36. The third kappa shape index (κ3) is 3.90. The molecule has 0 radical (unpaired) electrons. The van der Waals surface area contributed by atoms with Gasteiger partial charge in [-0.3, -0.25) is 0 Å². The summed E-state index contributed by atoms with van der Waals surface area (Å²) >= 11 is 6.28. The first-order chi connectivity index (χ1) is 12.0. The number of nitrogens with one attached hydrogen (secondary N) is 1. The molecular formula is C20H24ClN3O. The van der Waals surface area contributed by atoms with Gasteiger partial charge in [0, 0.05) is 31.9 Å². The largest absolute Gasteiger partial charge is 0.367 e. The van der Waals surface area contributed by atoms with Crippen molar-refractivity contribution in [3.05, 3.63) is 58.1 Å². The van der Waals surface area contributed by atoms with E-state index in [1.54, 1.807) is 0 Å². The first kappa shape index (κ1) is 17.6. The smallest absolute Gasteiger partial charge is 0.321 e. The van der Waals surface area contributed by atoms with E-state index in [2.05, 4.69) is 29.3 Å². The number of urea groups is 1. The van der Waals surface area contributed by atoms with Crippen molar-refractivity contribution in [3.63, 3.8) is 0 Å². The molecule has 4 nitrogen and oxygen atoms in total. The van der Waals surface area contributed by atoms with Gasteiger partial charge in [0.2, 0.25) is 0 Å². The number of carbonyl (C=O) groups is 1. The number of piperazine rings is 1. The Hall–Kier alpha value is -2.20. The van der Waals surface area contributed by atoms with E-state index in [0.29, 0.717) is 13.1 Å². The number of carbonyl (C=O) groups excluding carboxylic acids is 1. The average molecular weight is 358 g/mol. The predicted octanol–water partition coefficient (Wildman–Crippen LogP) is 4.62. The number of hydrogen-bond acceptors (Lipinski definition) is 2. The zero-order chi connectivity index (χ0) is 18.0. The molecule has 3 rings (SSSR count). The fourth-order valence-electron chi connectivity index (χ4n) is 3.42. The number of para-hydroxylation sites is 1. The third-order valence-corrected chi connectivity index (χ3v) is 4.99. The first-order valence-electron chi connectivity index (χ1n) is 8.59. The fourth-order valence-corrected chi connectivity index (χ4v) is 3.68. The Morgan fingerprint density at radius 2 is 1.60 bits per heavy atom. The summed E-state index contributed by atoms with van der Waals surface area (Å²) in [5.74, 6) is 0. The average Bonchev–Trinajstić information content (AvgIpc) is 2.58. The Balaban J connectivity index is 1.64. The van der Waals surface area contributed by atoms with Gasteiger partial charge in [-0.1, -0.05) is 41.4 Å². The van der Waals surface area contributed by atoms with Crippen LogP contribution in [-0.4, -0.2) is 37.1 Å². The number of benzene rings is 2. The van der Waals surface area contributed by atoms with Gasteiger partial charge in [0.05, 0.1) is 10.7 Å². The molecule has 0 aliphatic carbocycles. The summed E-state index contributed by atoms with van der Waals surface area (Å²) in [4.78, 5) is 16.7. The molecule has 0 atom stereocenters. The van der Waals surface area contributed by atoms with Crippen LogP contribution in [0.25, 0.3) is 0 Å². The Kier molecular flexibility index (Phi) is 5.19. The van der Waals surface area contributed by atoms with Gasteiger partial charge in [-0.05, 0) is 44.0 Å². The van der Waals surface area contributed by atoms with E-state index in [-0.39, 0.29) is 6.03 Å². The van der Waals surface area contributed by atoms with Gasteiger partial charge in [-0.15, -0.1) is 0 Å². The number of aryl methyl sites for hydroxylation is 3. The number of halogens is 1. The second-order valence-corrected chi connectivity index (χ2v) is 7.04. The molecule has 0 saturated carbocycles. The van der Waals surface area contributed by atoms with Gasteiger partial charge in [-0.2, -0.15) is 0 Å².